The van der Waals surface area contributed by atoms with Gasteiger partial charge in [0.1, 0.15) is 18.4 Å². The molecule has 3 rings (SSSR count). The summed E-state index contributed by atoms with van der Waals surface area (Å²) in [5, 5.41) is 5.48. The van der Waals surface area contributed by atoms with Crippen LogP contribution in [0.3, 0.4) is 0 Å². The molecule has 0 fully saturated rings. The van der Waals surface area contributed by atoms with E-state index < -0.39 is 12.1 Å². The predicted octanol–water partition coefficient (Wildman–Crippen LogP) is 3.85. The number of ether oxygens (including phenoxy) is 2. The maximum absolute atomic E-state index is 12.7. The van der Waals surface area contributed by atoms with E-state index in [4.69, 9.17) is 4.74 Å². The average molecular weight is 418 g/mol. The molecule has 0 radical (unpaired) electrons. The van der Waals surface area contributed by atoms with Gasteiger partial charge in [-0.15, -0.1) is 0 Å². The van der Waals surface area contributed by atoms with Crippen molar-refractivity contribution in [3.05, 3.63) is 102 Å². The van der Waals surface area contributed by atoms with Crippen molar-refractivity contribution >= 4 is 12.0 Å². The van der Waals surface area contributed by atoms with Crippen molar-refractivity contribution < 1.29 is 19.1 Å². The smallest absolute Gasteiger partial charge is 0.407 e. The largest absolute Gasteiger partial charge is 0.489 e. The van der Waals surface area contributed by atoms with Gasteiger partial charge in [-0.05, 0) is 28.8 Å². The SMILES string of the molecule is COC(=O)NC(Cc1ccccc1)C(=O)NCc1ccc(OCc2ccccc2)cc1. The molecule has 0 saturated carbocycles. The first-order valence-corrected chi connectivity index (χ1v) is 10.1. The predicted molar refractivity (Wildman–Crippen MR) is 119 cm³/mol. The fourth-order valence-electron chi connectivity index (χ4n) is 3.02. The van der Waals surface area contributed by atoms with Crippen molar-refractivity contribution in [1.29, 1.82) is 0 Å². The van der Waals surface area contributed by atoms with Crippen LogP contribution in [0.4, 0.5) is 4.79 Å². The van der Waals surface area contributed by atoms with Crippen LogP contribution in [0.1, 0.15) is 16.7 Å². The molecule has 0 spiro atoms. The Balaban J connectivity index is 1.53. The summed E-state index contributed by atoms with van der Waals surface area (Å²) in [4.78, 5) is 24.4. The summed E-state index contributed by atoms with van der Waals surface area (Å²) >= 11 is 0. The highest BCUT2D eigenvalue weighted by Crippen LogP contribution is 2.14. The first kappa shape index (κ1) is 21.9. The van der Waals surface area contributed by atoms with Crippen molar-refractivity contribution in [2.24, 2.45) is 0 Å². The third kappa shape index (κ3) is 7.19. The second kappa shape index (κ2) is 11.4. The summed E-state index contributed by atoms with van der Waals surface area (Å²) in [6.45, 7) is 0.837. The third-order valence-corrected chi connectivity index (χ3v) is 4.72. The van der Waals surface area contributed by atoms with Crippen molar-refractivity contribution in [2.75, 3.05) is 7.11 Å². The summed E-state index contributed by atoms with van der Waals surface area (Å²) in [6.07, 6.45) is -0.274. The number of hydrogen-bond donors (Lipinski definition) is 2. The number of amides is 2. The minimum atomic E-state index is -0.733. The van der Waals surface area contributed by atoms with Gasteiger partial charge in [0.25, 0.3) is 0 Å². The van der Waals surface area contributed by atoms with Gasteiger partial charge in [-0.2, -0.15) is 0 Å². The van der Waals surface area contributed by atoms with E-state index in [1.54, 1.807) is 0 Å². The van der Waals surface area contributed by atoms with Gasteiger partial charge in [0.2, 0.25) is 5.91 Å². The van der Waals surface area contributed by atoms with Gasteiger partial charge in [-0.25, -0.2) is 4.79 Å². The van der Waals surface area contributed by atoms with E-state index in [2.05, 4.69) is 15.4 Å². The first-order valence-electron chi connectivity index (χ1n) is 10.1. The van der Waals surface area contributed by atoms with Gasteiger partial charge in [0, 0.05) is 13.0 Å². The van der Waals surface area contributed by atoms with Crippen LogP contribution >= 0.6 is 0 Å². The highest BCUT2D eigenvalue weighted by atomic mass is 16.5. The molecular formula is C25H26N2O4. The number of rotatable bonds is 9. The number of benzene rings is 3. The number of hydrogen-bond acceptors (Lipinski definition) is 4. The molecule has 2 N–H and O–H groups in total. The summed E-state index contributed by atoms with van der Waals surface area (Å²) in [7, 11) is 1.27. The van der Waals surface area contributed by atoms with Gasteiger partial charge in [0.15, 0.2) is 0 Å². The van der Waals surface area contributed by atoms with Gasteiger partial charge >= 0.3 is 6.09 Å². The van der Waals surface area contributed by atoms with Crippen molar-refractivity contribution in [3.8, 4) is 5.75 Å². The van der Waals surface area contributed by atoms with Gasteiger partial charge in [-0.3, -0.25) is 4.79 Å². The van der Waals surface area contributed by atoms with Gasteiger partial charge in [-0.1, -0.05) is 72.8 Å². The molecule has 3 aromatic carbocycles. The normalized spacial score (nSPS) is 11.3. The highest BCUT2D eigenvalue weighted by Gasteiger charge is 2.21. The maximum atomic E-state index is 12.7. The molecule has 3 aromatic rings. The Morgan fingerprint density at radius 1 is 0.806 bits per heavy atom. The van der Waals surface area contributed by atoms with Gasteiger partial charge < -0.3 is 20.1 Å². The zero-order chi connectivity index (χ0) is 21.9. The molecule has 0 bridgehead atoms. The fraction of sp³-hybridized carbons (Fsp3) is 0.200. The van der Waals surface area contributed by atoms with E-state index >= 15 is 0 Å². The number of carbonyl (C=O) groups is 2. The molecule has 0 saturated heterocycles. The summed E-state index contributed by atoms with van der Waals surface area (Å²) in [6, 6.07) is 26.3. The summed E-state index contributed by atoms with van der Waals surface area (Å²) in [5.41, 5.74) is 2.97. The van der Waals surface area contributed by atoms with Crippen LogP contribution in [-0.2, 0) is 29.1 Å². The Morgan fingerprint density at radius 2 is 1.42 bits per heavy atom. The highest BCUT2D eigenvalue weighted by molar-refractivity contribution is 5.85. The van der Waals surface area contributed by atoms with Crippen LogP contribution in [-0.4, -0.2) is 25.2 Å². The first-order chi connectivity index (χ1) is 15.1. The monoisotopic (exact) mass is 418 g/mol. The van der Waals surface area contributed by atoms with E-state index in [1.807, 2.05) is 84.9 Å². The van der Waals surface area contributed by atoms with E-state index in [0.29, 0.717) is 19.6 Å². The quantitative estimate of drug-likeness (QED) is 0.553. The topological polar surface area (TPSA) is 76.7 Å². The molecule has 6 nitrogen and oxygen atoms in total. The van der Waals surface area contributed by atoms with Crippen LogP contribution in [0, 0.1) is 0 Å². The Hall–Kier alpha value is -3.80. The molecule has 6 heteroatoms. The lowest BCUT2D eigenvalue weighted by atomic mass is 10.1. The molecule has 0 aliphatic carbocycles. The van der Waals surface area contributed by atoms with Gasteiger partial charge in [0.05, 0.1) is 7.11 Å². The summed E-state index contributed by atoms with van der Waals surface area (Å²) < 4.78 is 10.4. The second-order valence-electron chi connectivity index (χ2n) is 7.01. The minimum Gasteiger partial charge on any atom is -0.489 e. The number of alkyl carbamates (subject to hydrolysis) is 1. The lowest BCUT2D eigenvalue weighted by Crippen LogP contribution is -2.47. The number of nitrogens with one attached hydrogen (secondary N) is 2. The molecule has 0 aromatic heterocycles. The van der Waals surface area contributed by atoms with Crippen molar-refractivity contribution in [2.45, 2.75) is 25.6 Å². The Bertz CT molecular complexity index is 960. The summed E-state index contributed by atoms with van der Waals surface area (Å²) in [5.74, 6) is 0.479. The molecule has 2 amide bonds. The fourth-order valence-corrected chi connectivity index (χ4v) is 3.02. The Morgan fingerprint density at radius 3 is 2.03 bits per heavy atom. The minimum absolute atomic E-state index is 0.279. The lowest BCUT2D eigenvalue weighted by molar-refractivity contribution is -0.123. The number of methoxy groups -OCH3 is 1. The van der Waals surface area contributed by atoms with E-state index in [0.717, 1.165) is 22.4 Å². The zero-order valence-electron chi connectivity index (χ0n) is 17.4. The molecule has 1 unspecified atom stereocenters. The van der Waals surface area contributed by atoms with Crippen molar-refractivity contribution in [1.82, 2.24) is 10.6 Å². The maximum Gasteiger partial charge on any atom is 0.407 e. The van der Waals surface area contributed by atoms with Crippen LogP contribution in [0.2, 0.25) is 0 Å². The lowest BCUT2D eigenvalue weighted by Gasteiger charge is -2.18. The molecule has 0 heterocycles. The number of carbonyl (C=O) groups excluding carboxylic acids is 2. The Labute approximate surface area is 182 Å². The molecular weight excluding hydrogens is 392 g/mol. The van der Waals surface area contributed by atoms with E-state index in [9.17, 15) is 9.59 Å². The molecule has 1 atom stereocenters. The average Bonchev–Trinajstić information content (AvgIpc) is 2.82. The Kier molecular flexibility index (Phi) is 8.05. The molecule has 0 aliphatic rings. The van der Waals surface area contributed by atoms with E-state index in [-0.39, 0.29) is 5.91 Å². The van der Waals surface area contributed by atoms with Crippen LogP contribution in [0.25, 0.3) is 0 Å². The van der Waals surface area contributed by atoms with Crippen LogP contribution < -0.4 is 15.4 Å². The standard InChI is InChI=1S/C25H26N2O4/c1-30-25(29)27-23(16-19-8-4-2-5-9-19)24(28)26-17-20-12-14-22(15-13-20)31-18-21-10-6-3-7-11-21/h2-15,23H,16-18H2,1H3,(H,26,28)(H,27,29). The van der Waals surface area contributed by atoms with Crippen LogP contribution in [0.5, 0.6) is 5.75 Å². The second-order valence-corrected chi connectivity index (χ2v) is 7.01. The van der Waals surface area contributed by atoms with Crippen LogP contribution in [0.15, 0.2) is 84.9 Å². The third-order valence-electron chi connectivity index (χ3n) is 4.72. The zero-order valence-corrected chi connectivity index (χ0v) is 17.4. The molecule has 160 valence electrons. The van der Waals surface area contributed by atoms with E-state index in [1.165, 1.54) is 7.11 Å². The van der Waals surface area contributed by atoms with Crippen molar-refractivity contribution in [3.63, 3.8) is 0 Å². The molecule has 0 aliphatic heterocycles. The molecule has 31 heavy (non-hydrogen) atoms.